The van der Waals surface area contributed by atoms with E-state index in [1.54, 1.807) is 13.0 Å². The highest BCUT2D eigenvalue weighted by Gasteiger charge is 2.34. The highest BCUT2D eigenvalue weighted by molar-refractivity contribution is 9.10. The molecule has 1 aliphatic carbocycles. The minimum Gasteiger partial charge on any atom is -0.352 e. The molecule has 0 bridgehead atoms. The van der Waals surface area contributed by atoms with Gasteiger partial charge in [0.25, 0.3) is 0 Å². The molecule has 10 heteroatoms. The van der Waals surface area contributed by atoms with Crippen molar-refractivity contribution in [1.82, 2.24) is 14.5 Å². The number of aryl methyl sites for hydroxylation is 2. The summed E-state index contributed by atoms with van der Waals surface area (Å²) in [6.07, 6.45) is 4.02. The molecule has 2 amide bonds. The Morgan fingerprint density at radius 1 is 1.05 bits per heavy atom. The number of anilines is 1. The average Bonchev–Trinajstić information content (AvgIpc) is 3.36. The van der Waals surface area contributed by atoms with Crippen LogP contribution in [0.3, 0.4) is 0 Å². The first-order valence-electron chi connectivity index (χ1n) is 12.5. The Morgan fingerprint density at radius 3 is 2.27 bits per heavy atom. The summed E-state index contributed by atoms with van der Waals surface area (Å²) in [4.78, 5) is 28.5. The zero-order chi connectivity index (χ0) is 27.3. The number of carbonyl (C=O) groups excluding carboxylic acids is 2. The van der Waals surface area contributed by atoms with E-state index >= 15 is 0 Å². The highest BCUT2D eigenvalue weighted by Crippen LogP contribution is 2.26. The van der Waals surface area contributed by atoms with Crippen LogP contribution in [0.2, 0.25) is 0 Å². The fourth-order valence-electron chi connectivity index (χ4n) is 4.45. The summed E-state index contributed by atoms with van der Waals surface area (Å²) >= 11 is 3.43. The number of nitrogens with one attached hydrogen (secondary N) is 1. The molecule has 8 nitrogen and oxygen atoms in total. The van der Waals surface area contributed by atoms with Gasteiger partial charge in [0.15, 0.2) is 0 Å². The number of amides is 2. The van der Waals surface area contributed by atoms with Crippen LogP contribution in [0.25, 0.3) is 0 Å². The Hall–Kier alpha value is -2.43. The summed E-state index contributed by atoms with van der Waals surface area (Å²) in [5.41, 5.74) is 2.89. The maximum absolute atomic E-state index is 13.9. The zero-order valence-corrected chi connectivity index (χ0v) is 24.6. The minimum absolute atomic E-state index is 0.111. The Morgan fingerprint density at radius 2 is 1.68 bits per heavy atom. The van der Waals surface area contributed by atoms with Crippen LogP contribution in [0.1, 0.15) is 49.3 Å². The van der Waals surface area contributed by atoms with Crippen molar-refractivity contribution in [3.8, 4) is 0 Å². The average molecular weight is 594 g/mol. The first kappa shape index (κ1) is 29.1. The normalized spacial score (nSPS) is 15.0. The molecule has 1 saturated carbocycles. The maximum Gasteiger partial charge on any atom is 0.304 e. The molecule has 202 valence electrons. The fraction of sp³-hybridized carbons (Fsp3) is 0.481. The second kappa shape index (κ2) is 12.4. The molecular weight excluding hydrogens is 556 g/mol. The van der Waals surface area contributed by atoms with Crippen molar-refractivity contribution in [2.45, 2.75) is 65.1 Å². The predicted octanol–water partition coefficient (Wildman–Crippen LogP) is 4.15. The maximum atomic E-state index is 13.9. The summed E-state index contributed by atoms with van der Waals surface area (Å²) in [5.74, 6) is -0.686. The molecule has 1 fully saturated rings. The summed E-state index contributed by atoms with van der Waals surface area (Å²) in [5, 5.41) is 3.08. The summed E-state index contributed by atoms with van der Waals surface area (Å²) in [6.45, 7) is 5.13. The van der Waals surface area contributed by atoms with Gasteiger partial charge in [-0.2, -0.15) is 12.7 Å². The van der Waals surface area contributed by atoms with Crippen LogP contribution < -0.4 is 9.62 Å². The topological polar surface area (TPSA) is 90.0 Å². The number of hydrogen-bond donors (Lipinski definition) is 1. The SMILES string of the molecule is Cc1ccc(C)c(N(CC(=O)N(Cc2ccc(Br)cc2)C(C)C(=O)NC2CCCC2)S(=O)(=O)N(C)C)c1. The number of halogens is 1. The van der Waals surface area contributed by atoms with Gasteiger partial charge in [-0.15, -0.1) is 0 Å². The molecule has 0 saturated heterocycles. The molecule has 1 unspecified atom stereocenters. The van der Waals surface area contributed by atoms with Gasteiger partial charge in [-0.05, 0) is 68.5 Å². The van der Waals surface area contributed by atoms with Crippen molar-refractivity contribution in [2.24, 2.45) is 0 Å². The number of benzene rings is 2. The molecule has 3 rings (SSSR count). The smallest absolute Gasteiger partial charge is 0.304 e. The summed E-state index contributed by atoms with van der Waals surface area (Å²) in [6, 6.07) is 12.3. The van der Waals surface area contributed by atoms with Crippen LogP contribution in [0, 0.1) is 13.8 Å². The van der Waals surface area contributed by atoms with Crippen molar-refractivity contribution in [3.05, 3.63) is 63.6 Å². The van der Waals surface area contributed by atoms with E-state index in [2.05, 4.69) is 21.2 Å². The molecule has 0 aliphatic heterocycles. The Kier molecular flexibility index (Phi) is 9.77. The molecule has 2 aromatic rings. The molecule has 0 aromatic heterocycles. The third kappa shape index (κ3) is 7.33. The Bertz CT molecular complexity index is 1210. The van der Waals surface area contributed by atoms with Gasteiger partial charge in [-0.3, -0.25) is 9.59 Å². The molecule has 0 heterocycles. The number of nitrogens with zero attached hydrogens (tertiary/aromatic N) is 3. The second-order valence-corrected chi connectivity index (χ2v) is 12.9. The van der Waals surface area contributed by atoms with Crippen molar-refractivity contribution in [2.75, 3.05) is 24.9 Å². The van der Waals surface area contributed by atoms with Gasteiger partial charge in [-0.1, -0.05) is 53.0 Å². The van der Waals surface area contributed by atoms with Crippen LogP contribution in [-0.2, 0) is 26.3 Å². The van der Waals surface area contributed by atoms with Crippen LogP contribution >= 0.6 is 15.9 Å². The molecule has 1 aliphatic rings. The molecule has 37 heavy (non-hydrogen) atoms. The van der Waals surface area contributed by atoms with Crippen LogP contribution in [-0.4, -0.2) is 62.2 Å². The Balaban J connectivity index is 1.95. The van der Waals surface area contributed by atoms with Crippen molar-refractivity contribution in [3.63, 3.8) is 0 Å². The third-order valence-electron chi connectivity index (χ3n) is 6.79. The second-order valence-electron chi connectivity index (χ2n) is 9.90. The molecular formula is C27H37BrN4O4S. The lowest BCUT2D eigenvalue weighted by atomic mass is 10.1. The van der Waals surface area contributed by atoms with Crippen molar-refractivity contribution >= 4 is 43.6 Å². The monoisotopic (exact) mass is 592 g/mol. The summed E-state index contributed by atoms with van der Waals surface area (Å²) in [7, 11) is -1.11. The predicted molar refractivity (Wildman–Crippen MR) is 150 cm³/mol. The van der Waals surface area contributed by atoms with Gasteiger partial charge in [0.1, 0.15) is 12.6 Å². The lowest BCUT2D eigenvalue weighted by Crippen LogP contribution is -2.53. The first-order chi connectivity index (χ1) is 17.4. The standard InChI is InChI=1S/C27H37BrN4O4S/c1-19-10-11-20(2)25(16-19)32(37(35,36)30(4)5)18-26(33)31(17-22-12-14-23(28)15-13-22)21(3)27(34)29-24-8-6-7-9-24/h10-16,21,24H,6-9,17-18H2,1-5H3,(H,29,34). The molecule has 1 N–H and O–H groups in total. The van der Waals surface area contributed by atoms with E-state index in [0.29, 0.717) is 5.69 Å². The van der Waals surface area contributed by atoms with E-state index in [1.165, 1.54) is 19.0 Å². The molecule has 2 aromatic carbocycles. The van der Waals surface area contributed by atoms with Crippen LogP contribution in [0.5, 0.6) is 0 Å². The van der Waals surface area contributed by atoms with E-state index in [9.17, 15) is 18.0 Å². The van der Waals surface area contributed by atoms with Crippen LogP contribution in [0.4, 0.5) is 5.69 Å². The molecule has 1 atom stereocenters. The van der Waals surface area contributed by atoms with Gasteiger partial charge in [0, 0.05) is 31.2 Å². The van der Waals surface area contributed by atoms with E-state index < -0.39 is 28.7 Å². The van der Waals surface area contributed by atoms with Gasteiger partial charge >= 0.3 is 10.2 Å². The lowest BCUT2D eigenvalue weighted by molar-refractivity contribution is -0.139. The number of rotatable bonds is 10. The van der Waals surface area contributed by atoms with Gasteiger partial charge < -0.3 is 10.2 Å². The summed E-state index contributed by atoms with van der Waals surface area (Å²) < 4.78 is 29.9. The van der Waals surface area contributed by atoms with E-state index in [-0.39, 0.29) is 18.5 Å². The third-order valence-corrected chi connectivity index (χ3v) is 9.12. The Labute approximate surface area is 229 Å². The van der Waals surface area contributed by atoms with Gasteiger partial charge in [-0.25, -0.2) is 4.31 Å². The quantitative estimate of drug-likeness (QED) is 0.448. The van der Waals surface area contributed by atoms with E-state index in [4.69, 9.17) is 0 Å². The van der Waals surface area contributed by atoms with Crippen LogP contribution in [0.15, 0.2) is 46.9 Å². The van der Waals surface area contributed by atoms with Crippen molar-refractivity contribution in [1.29, 1.82) is 0 Å². The van der Waals surface area contributed by atoms with Gasteiger partial charge in [0.05, 0.1) is 5.69 Å². The van der Waals surface area contributed by atoms with Gasteiger partial charge in [0.2, 0.25) is 11.8 Å². The largest absolute Gasteiger partial charge is 0.352 e. The van der Waals surface area contributed by atoms with E-state index in [1.807, 2.05) is 50.2 Å². The first-order valence-corrected chi connectivity index (χ1v) is 14.7. The number of hydrogen-bond acceptors (Lipinski definition) is 4. The molecule has 0 radical (unpaired) electrons. The highest BCUT2D eigenvalue weighted by atomic mass is 79.9. The molecule has 0 spiro atoms. The number of carbonyl (C=O) groups is 2. The fourth-order valence-corrected chi connectivity index (χ4v) is 5.83. The van der Waals surface area contributed by atoms with E-state index in [0.717, 1.165) is 55.5 Å². The minimum atomic E-state index is -3.99. The lowest BCUT2D eigenvalue weighted by Gasteiger charge is -2.33. The van der Waals surface area contributed by atoms with Crippen molar-refractivity contribution < 1.29 is 18.0 Å². The zero-order valence-electron chi connectivity index (χ0n) is 22.2.